The number of piperidine rings is 1. The lowest BCUT2D eigenvalue weighted by molar-refractivity contribution is 0.0608. The van der Waals surface area contributed by atoms with E-state index < -0.39 is 0 Å². The number of benzene rings is 1. The summed E-state index contributed by atoms with van der Waals surface area (Å²) in [4.78, 5) is 14.5. The van der Waals surface area contributed by atoms with E-state index in [1.165, 1.54) is 6.42 Å². The van der Waals surface area contributed by atoms with Gasteiger partial charge in [0.15, 0.2) is 0 Å². The second-order valence-corrected chi connectivity index (χ2v) is 5.20. The molecule has 0 bridgehead atoms. The van der Waals surface area contributed by atoms with Crippen LogP contribution in [0.4, 0.5) is 5.69 Å². The van der Waals surface area contributed by atoms with Crippen molar-refractivity contribution < 1.29 is 4.79 Å². The lowest BCUT2D eigenvalue weighted by Crippen LogP contribution is -2.43. The van der Waals surface area contributed by atoms with Crippen LogP contribution in [-0.2, 0) is 0 Å². The van der Waals surface area contributed by atoms with Crippen molar-refractivity contribution in [3.63, 3.8) is 0 Å². The van der Waals surface area contributed by atoms with Crippen LogP contribution in [-0.4, -0.2) is 23.4 Å². The monoisotopic (exact) mass is 302 g/mol. The van der Waals surface area contributed by atoms with Gasteiger partial charge in [-0.3, -0.25) is 4.79 Å². The van der Waals surface area contributed by atoms with Crippen molar-refractivity contribution in [2.24, 2.45) is 0 Å². The van der Waals surface area contributed by atoms with Crippen LogP contribution < -0.4 is 5.73 Å². The molecule has 1 aliphatic rings. The summed E-state index contributed by atoms with van der Waals surface area (Å²) >= 11 is 6.11. The molecule has 1 heterocycles. The van der Waals surface area contributed by atoms with Crippen LogP contribution in [0.25, 0.3) is 0 Å². The summed E-state index contributed by atoms with van der Waals surface area (Å²) in [5.41, 5.74) is 6.80. The van der Waals surface area contributed by atoms with Crippen molar-refractivity contribution in [1.29, 1.82) is 0 Å². The van der Waals surface area contributed by atoms with Gasteiger partial charge in [-0.25, -0.2) is 0 Å². The molecule has 0 saturated carbocycles. The van der Waals surface area contributed by atoms with E-state index in [9.17, 15) is 4.79 Å². The van der Waals surface area contributed by atoms with Crippen molar-refractivity contribution in [1.82, 2.24) is 4.90 Å². The maximum atomic E-state index is 12.5. The number of hydrogen-bond donors (Lipinski definition) is 1. The molecule has 5 heteroatoms. The van der Waals surface area contributed by atoms with Crippen molar-refractivity contribution in [3.05, 3.63) is 28.8 Å². The lowest BCUT2D eigenvalue weighted by Gasteiger charge is -2.35. The van der Waals surface area contributed by atoms with Gasteiger partial charge in [-0.2, -0.15) is 0 Å². The number of anilines is 1. The molecule has 1 aromatic carbocycles. The topological polar surface area (TPSA) is 46.3 Å². The molecule has 0 aliphatic carbocycles. The van der Waals surface area contributed by atoms with Gasteiger partial charge in [-0.05, 0) is 43.9 Å². The van der Waals surface area contributed by atoms with Gasteiger partial charge < -0.3 is 10.6 Å². The van der Waals surface area contributed by atoms with Crippen LogP contribution in [0.3, 0.4) is 0 Å². The Hall–Kier alpha value is -0.930. The summed E-state index contributed by atoms with van der Waals surface area (Å²) in [6, 6.07) is 5.44. The highest BCUT2D eigenvalue weighted by atomic mass is 35.5. The van der Waals surface area contributed by atoms with E-state index in [1.807, 2.05) is 4.90 Å². The number of carbonyl (C=O) groups excluding carboxylic acids is 1. The third kappa shape index (κ3) is 3.54. The van der Waals surface area contributed by atoms with Crippen molar-refractivity contribution in [2.75, 3.05) is 12.3 Å². The Bertz CT molecular complexity index is 451. The Kier molecular flexibility index (Phi) is 5.95. The molecule has 2 rings (SSSR count). The highest BCUT2D eigenvalue weighted by Crippen LogP contribution is 2.25. The zero-order valence-electron chi connectivity index (χ0n) is 11.1. The molecule has 106 valence electrons. The zero-order chi connectivity index (χ0) is 13.1. The molecule has 1 saturated heterocycles. The number of rotatable bonds is 2. The number of nitrogen functional groups attached to an aromatic ring is 1. The normalized spacial score (nSPS) is 18.8. The van der Waals surface area contributed by atoms with Gasteiger partial charge in [0.25, 0.3) is 5.91 Å². The molecule has 1 unspecified atom stereocenters. The molecule has 1 fully saturated rings. The third-order valence-corrected chi connectivity index (χ3v) is 3.90. The van der Waals surface area contributed by atoms with E-state index in [0.29, 0.717) is 22.3 Å². The van der Waals surface area contributed by atoms with E-state index in [2.05, 4.69) is 6.92 Å². The first-order valence-corrected chi connectivity index (χ1v) is 6.87. The van der Waals surface area contributed by atoms with Gasteiger partial charge in [-0.15, -0.1) is 12.4 Å². The average molecular weight is 303 g/mol. The van der Waals surface area contributed by atoms with Crippen LogP contribution >= 0.6 is 24.0 Å². The fourth-order valence-corrected chi connectivity index (χ4v) is 2.82. The maximum Gasteiger partial charge on any atom is 0.255 e. The number of nitrogens with zero attached hydrogens (tertiary/aromatic N) is 1. The van der Waals surface area contributed by atoms with Crippen LogP contribution in [0, 0.1) is 0 Å². The Morgan fingerprint density at radius 2 is 2.21 bits per heavy atom. The molecule has 1 amide bonds. The Morgan fingerprint density at radius 1 is 1.47 bits per heavy atom. The molecule has 2 N–H and O–H groups in total. The average Bonchev–Trinajstić information content (AvgIpc) is 2.38. The minimum Gasteiger partial charge on any atom is -0.399 e. The zero-order valence-corrected chi connectivity index (χ0v) is 12.6. The van der Waals surface area contributed by atoms with E-state index in [0.717, 1.165) is 25.8 Å². The number of hydrogen-bond acceptors (Lipinski definition) is 2. The van der Waals surface area contributed by atoms with Crippen molar-refractivity contribution >= 4 is 35.6 Å². The highest BCUT2D eigenvalue weighted by molar-refractivity contribution is 6.34. The minimum atomic E-state index is 0. The molecule has 1 aliphatic heterocycles. The second kappa shape index (κ2) is 7.01. The largest absolute Gasteiger partial charge is 0.399 e. The smallest absolute Gasteiger partial charge is 0.255 e. The van der Waals surface area contributed by atoms with E-state index >= 15 is 0 Å². The van der Waals surface area contributed by atoms with Gasteiger partial charge >= 0.3 is 0 Å². The Labute approximate surface area is 125 Å². The molecule has 0 spiro atoms. The summed E-state index contributed by atoms with van der Waals surface area (Å²) in [6.45, 7) is 2.96. The Balaban J connectivity index is 0.00000180. The number of carbonyl (C=O) groups is 1. The minimum absolute atomic E-state index is 0. The SMILES string of the molecule is CCC1CCCCN1C(=O)c1ccc(N)cc1Cl.Cl. The fourth-order valence-electron chi connectivity index (χ4n) is 2.55. The van der Waals surface area contributed by atoms with E-state index in [-0.39, 0.29) is 18.3 Å². The quantitative estimate of drug-likeness (QED) is 0.846. The summed E-state index contributed by atoms with van der Waals surface area (Å²) in [5.74, 6) is 0.0338. The first kappa shape index (κ1) is 16.1. The number of nitrogens with two attached hydrogens (primary N) is 1. The first-order valence-electron chi connectivity index (χ1n) is 6.49. The van der Waals surface area contributed by atoms with Crippen molar-refractivity contribution in [2.45, 2.75) is 38.6 Å². The second-order valence-electron chi connectivity index (χ2n) is 4.80. The molecule has 0 radical (unpaired) electrons. The molecule has 1 atom stereocenters. The van der Waals surface area contributed by atoms with Crippen molar-refractivity contribution in [3.8, 4) is 0 Å². The third-order valence-electron chi connectivity index (χ3n) is 3.58. The van der Waals surface area contributed by atoms with E-state index in [4.69, 9.17) is 17.3 Å². The molecular formula is C14H20Cl2N2O. The van der Waals surface area contributed by atoms with E-state index in [1.54, 1.807) is 18.2 Å². The Morgan fingerprint density at radius 3 is 2.84 bits per heavy atom. The predicted molar refractivity (Wildman–Crippen MR) is 82.1 cm³/mol. The fraction of sp³-hybridized carbons (Fsp3) is 0.500. The van der Waals surface area contributed by atoms with Crippen LogP contribution in [0.1, 0.15) is 43.0 Å². The number of amides is 1. The van der Waals surface area contributed by atoms with Gasteiger partial charge in [-0.1, -0.05) is 18.5 Å². The van der Waals surface area contributed by atoms with Crippen LogP contribution in [0.5, 0.6) is 0 Å². The lowest BCUT2D eigenvalue weighted by atomic mass is 9.99. The highest BCUT2D eigenvalue weighted by Gasteiger charge is 2.27. The van der Waals surface area contributed by atoms with Gasteiger partial charge in [0.2, 0.25) is 0 Å². The number of likely N-dealkylation sites (tertiary alicyclic amines) is 1. The predicted octanol–water partition coefficient (Wildman–Crippen LogP) is 3.75. The molecule has 3 nitrogen and oxygen atoms in total. The summed E-state index contributed by atoms with van der Waals surface area (Å²) in [7, 11) is 0. The molecule has 0 aromatic heterocycles. The maximum absolute atomic E-state index is 12.5. The molecule has 1 aromatic rings. The molecular weight excluding hydrogens is 283 g/mol. The summed E-state index contributed by atoms with van der Waals surface area (Å²) in [5, 5.41) is 0.445. The molecule has 19 heavy (non-hydrogen) atoms. The summed E-state index contributed by atoms with van der Waals surface area (Å²) in [6.07, 6.45) is 4.37. The van der Waals surface area contributed by atoms with Crippen LogP contribution in [0.15, 0.2) is 18.2 Å². The number of halogens is 2. The first-order chi connectivity index (χ1) is 8.63. The van der Waals surface area contributed by atoms with Gasteiger partial charge in [0, 0.05) is 18.3 Å². The van der Waals surface area contributed by atoms with Crippen LogP contribution in [0.2, 0.25) is 5.02 Å². The van der Waals surface area contributed by atoms with Gasteiger partial charge in [0.05, 0.1) is 10.6 Å². The standard InChI is InChI=1S/C14H19ClN2O.ClH/c1-2-11-5-3-4-8-17(11)14(18)12-7-6-10(16)9-13(12)15;/h6-7,9,11H,2-5,8,16H2,1H3;1H. The summed E-state index contributed by atoms with van der Waals surface area (Å²) < 4.78 is 0. The van der Waals surface area contributed by atoms with Gasteiger partial charge in [0.1, 0.15) is 0 Å².